The molecular formula is C26H22ClF3N4O4S2. The Labute approximate surface area is 240 Å². The number of ether oxygens (including phenoxy) is 2. The lowest BCUT2D eigenvalue weighted by Crippen LogP contribution is -2.16. The number of para-hydroxylation sites is 1. The minimum Gasteiger partial charge on any atom is -0.493 e. The van der Waals surface area contributed by atoms with Crippen LogP contribution in [0.2, 0.25) is 5.02 Å². The second kappa shape index (κ2) is 11.3. The van der Waals surface area contributed by atoms with Gasteiger partial charge in [0.15, 0.2) is 17.3 Å². The van der Waals surface area contributed by atoms with Crippen molar-refractivity contribution < 1.29 is 32.5 Å². The van der Waals surface area contributed by atoms with E-state index in [0.29, 0.717) is 38.4 Å². The van der Waals surface area contributed by atoms with Gasteiger partial charge in [0.05, 0.1) is 47.5 Å². The number of thioether (sulfide) groups is 1. The maximum atomic E-state index is 14.2. The summed E-state index contributed by atoms with van der Waals surface area (Å²) in [7, 11) is 3.01. The molecule has 0 aliphatic carbocycles. The highest BCUT2D eigenvalue weighted by atomic mass is 35.5. The molecule has 0 unspecified atom stereocenters. The molecule has 3 heterocycles. The van der Waals surface area contributed by atoms with Crippen molar-refractivity contribution in [2.24, 2.45) is 0 Å². The van der Waals surface area contributed by atoms with Crippen molar-refractivity contribution in [2.75, 3.05) is 14.2 Å². The monoisotopic (exact) mass is 610 g/mol. The second-order valence-corrected chi connectivity index (χ2v) is 11.5. The number of aliphatic carboxylic acids is 1. The van der Waals surface area contributed by atoms with E-state index in [2.05, 4.69) is 15.2 Å². The minimum absolute atomic E-state index is 0.0710. The van der Waals surface area contributed by atoms with Crippen LogP contribution in [0.15, 0.2) is 41.8 Å². The quantitative estimate of drug-likeness (QED) is 0.240. The van der Waals surface area contributed by atoms with Gasteiger partial charge in [0.1, 0.15) is 0 Å². The maximum Gasteiger partial charge on any atom is 0.452 e. The maximum absolute atomic E-state index is 14.2. The third-order valence-corrected chi connectivity index (χ3v) is 8.95. The van der Waals surface area contributed by atoms with E-state index in [-0.39, 0.29) is 30.8 Å². The molecule has 0 fully saturated rings. The summed E-state index contributed by atoms with van der Waals surface area (Å²) >= 11 is 9.09. The fraction of sp³-hybridized carbons (Fsp3) is 0.308. The van der Waals surface area contributed by atoms with Crippen molar-refractivity contribution in [1.29, 1.82) is 0 Å². The minimum atomic E-state index is -4.77. The molecule has 0 radical (unpaired) electrons. The first kappa shape index (κ1) is 28.2. The summed E-state index contributed by atoms with van der Waals surface area (Å²) in [5.74, 6) is -1.04. The second-order valence-electron chi connectivity index (χ2n) is 8.84. The number of carboxylic acids is 1. The third kappa shape index (κ3) is 5.50. The first-order valence-electron chi connectivity index (χ1n) is 11.9. The average Bonchev–Trinajstić information content (AvgIpc) is 3.54. The van der Waals surface area contributed by atoms with Gasteiger partial charge in [-0.3, -0.25) is 9.36 Å². The highest BCUT2D eigenvalue weighted by Crippen LogP contribution is 2.54. The number of alkyl halides is 3. The third-order valence-electron chi connectivity index (χ3n) is 6.31. The van der Waals surface area contributed by atoms with Crippen LogP contribution in [0.5, 0.6) is 11.5 Å². The summed E-state index contributed by atoms with van der Waals surface area (Å²) < 4.78 is 54.9. The van der Waals surface area contributed by atoms with Crippen LogP contribution in [0.25, 0.3) is 5.69 Å². The lowest BCUT2D eigenvalue weighted by molar-refractivity contribution is -0.146. The summed E-state index contributed by atoms with van der Waals surface area (Å²) in [6.45, 7) is 0. The van der Waals surface area contributed by atoms with E-state index in [0.717, 1.165) is 4.57 Å². The Balaban J connectivity index is 1.68. The number of nitrogens with zero attached hydrogens (tertiary/aromatic N) is 4. The number of carboxylic acid groups (broad SMARTS) is 1. The Hall–Kier alpha value is -3.29. The van der Waals surface area contributed by atoms with Crippen molar-refractivity contribution in [3.05, 3.63) is 80.3 Å². The largest absolute Gasteiger partial charge is 0.493 e. The van der Waals surface area contributed by atoms with Gasteiger partial charge < -0.3 is 14.6 Å². The molecule has 2 aromatic heterocycles. The molecule has 1 aliphatic heterocycles. The van der Waals surface area contributed by atoms with E-state index in [1.54, 1.807) is 23.6 Å². The van der Waals surface area contributed by atoms with Crippen molar-refractivity contribution in [2.45, 2.75) is 35.9 Å². The number of halogens is 4. The standard InChI is InChI=1S/C26H22ClF3N4O4S2/c1-37-18-5-3-4-15(22(18)38-2)23-16-10-13(27)6-8-17(16)34-24(32-33-25(34)26(28,29)30)19(40-23)11-20-31-14(12-39-20)7-9-21(35)36/h3-6,8,10,12,19,23H,7,9,11H2,1-2H3,(H,35,36)/t19-,23-/m1/s1. The van der Waals surface area contributed by atoms with Crippen molar-refractivity contribution >= 4 is 40.7 Å². The summed E-state index contributed by atoms with van der Waals surface area (Å²) in [4.78, 5) is 15.5. The number of hydrogen-bond donors (Lipinski definition) is 1. The van der Waals surface area contributed by atoms with Crippen LogP contribution >= 0.6 is 34.7 Å². The lowest BCUT2D eigenvalue weighted by Gasteiger charge is -2.23. The molecule has 0 saturated heterocycles. The number of rotatable bonds is 8. The summed E-state index contributed by atoms with van der Waals surface area (Å²) in [5.41, 5.74) is 2.08. The zero-order valence-electron chi connectivity index (χ0n) is 21.1. The summed E-state index contributed by atoms with van der Waals surface area (Å²) in [6.07, 6.45) is -4.34. The molecule has 1 N–H and O–H groups in total. The Kier molecular flexibility index (Phi) is 7.98. The fourth-order valence-corrected chi connectivity index (χ4v) is 7.30. The highest BCUT2D eigenvalue weighted by molar-refractivity contribution is 8.00. The first-order chi connectivity index (χ1) is 19.1. The van der Waals surface area contributed by atoms with Gasteiger partial charge in [-0.25, -0.2) is 4.98 Å². The molecule has 1 aliphatic rings. The van der Waals surface area contributed by atoms with Crippen LogP contribution in [-0.4, -0.2) is 45.0 Å². The molecule has 210 valence electrons. The Morgan fingerprint density at radius 2 is 1.95 bits per heavy atom. The molecule has 2 aromatic carbocycles. The molecule has 0 bridgehead atoms. The van der Waals surface area contributed by atoms with Gasteiger partial charge in [0.25, 0.3) is 0 Å². The molecule has 8 nitrogen and oxygen atoms in total. The number of aryl methyl sites for hydroxylation is 1. The fourth-order valence-electron chi connectivity index (χ4n) is 4.61. The van der Waals surface area contributed by atoms with Gasteiger partial charge in [-0.2, -0.15) is 13.2 Å². The van der Waals surface area contributed by atoms with E-state index in [1.165, 1.54) is 49.5 Å². The van der Waals surface area contributed by atoms with Crippen LogP contribution in [0.4, 0.5) is 13.2 Å². The predicted octanol–water partition coefficient (Wildman–Crippen LogP) is 6.55. The number of benzene rings is 2. The lowest BCUT2D eigenvalue weighted by atomic mass is 10.0. The van der Waals surface area contributed by atoms with Gasteiger partial charge in [0.2, 0.25) is 5.82 Å². The SMILES string of the molecule is COc1cccc([C@H]2S[C@H](Cc3nc(CCC(=O)O)cs3)c3nnc(C(F)(F)F)n3-c3ccc(Cl)cc32)c1OC. The van der Waals surface area contributed by atoms with Gasteiger partial charge in [0, 0.05) is 28.8 Å². The smallest absolute Gasteiger partial charge is 0.452 e. The summed E-state index contributed by atoms with van der Waals surface area (Å²) in [6, 6.07) is 10.1. The zero-order valence-corrected chi connectivity index (χ0v) is 23.5. The topological polar surface area (TPSA) is 99.4 Å². The van der Waals surface area contributed by atoms with Crippen molar-refractivity contribution in [3.63, 3.8) is 0 Å². The number of aromatic nitrogens is 4. The van der Waals surface area contributed by atoms with Crippen LogP contribution in [0, 0.1) is 0 Å². The Morgan fingerprint density at radius 1 is 1.15 bits per heavy atom. The normalized spacial score (nSPS) is 16.6. The number of fused-ring (bicyclic) bond motifs is 3. The number of hydrogen-bond acceptors (Lipinski definition) is 8. The molecule has 40 heavy (non-hydrogen) atoms. The number of thiazole rings is 1. The van der Waals surface area contributed by atoms with Crippen LogP contribution in [0.3, 0.4) is 0 Å². The van der Waals surface area contributed by atoms with Gasteiger partial charge in [-0.15, -0.1) is 33.3 Å². The average molecular weight is 611 g/mol. The molecular weight excluding hydrogens is 589 g/mol. The van der Waals surface area contributed by atoms with Crippen molar-refractivity contribution in [3.8, 4) is 17.2 Å². The van der Waals surface area contributed by atoms with Crippen LogP contribution in [-0.2, 0) is 23.8 Å². The first-order valence-corrected chi connectivity index (χ1v) is 14.1. The molecule has 4 aromatic rings. The van der Waals surface area contributed by atoms with Gasteiger partial charge >= 0.3 is 12.1 Å². The van der Waals surface area contributed by atoms with E-state index >= 15 is 0 Å². The van der Waals surface area contributed by atoms with Crippen LogP contribution in [0.1, 0.15) is 50.4 Å². The molecule has 0 saturated carbocycles. The zero-order chi connectivity index (χ0) is 28.6. The van der Waals surface area contributed by atoms with E-state index in [4.69, 9.17) is 26.2 Å². The Morgan fingerprint density at radius 3 is 2.65 bits per heavy atom. The van der Waals surface area contributed by atoms with Crippen molar-refractivity contribution in [1.82, 2.24) is 19.7 Å². The molecule has 2 atom stereocenters. The van der Waals surface area contributed by atoms with E-state index < -0.39 is 28.5 Å². The molecule has 5 rings (SSSR count). The van der Waals surface area contributed by atoms with Gasteiger partial charge in [-0.05, 0) is 29.8 Å². The number of carbonyl (C=O) groups is 1. The predicted molar refractivity (Wildman–Crippen MR) is 145 cm³/mol. The van der Waals surface area contributed by atoms with E-state index in [9.17, 15) is 18.0 Å². The highest BCUT2D eigenvalue weighted by Gasteiger charge is 2.43. The van der Waals surface area contributed by atoms with E-state index in [1.807, 2.05) is 6.07 Å². The molecule has 0 amide bonds. The summed E-state index contributed by atoms with van der Waals surface area (Å²) in [5, 5.41) is 18.2. The Bertz CT molecular complexity index is 1560. The molecule has 0 spiro atoms. The molecule has 14 heteroatoms. The van der Waals surface area contributed by atoms with Gasteiger partial charge in [-0.1, -0.05) is 23.7 Å². The number of methoxy groups -OCH3 is 2. The van der Waals surface area contributed by atoms with Crippen LogP contribution < -0.4 is 9.47 Å².